The molecule has 0 aliphatic rings. The molecule has 0 bridgehead atoms. The molecule has 0 amide bonds. The van der Waals surface area contributed by atoms with Crippen molar-refractivity contribution < 1.29 is 49.2 Å². The Bertz CT molecular complexity index is 513. The van der Waals surface area contributed by atoms with Crippen LogP contribution >= 0.6 is 13.4 Å². The minimum atomic E-state index is -3.81. The molecule has 0 spiro atoms. The normalized spacial score (nSPS) is 11.0. The molecule has 0 aromatic heterocycles. The maximum Gasteiger partial charge on any atom is 0.319 e. The van der Waals surface area contributed by atoms with Gasteiger partial charge in [-0.25, -0.2) is 0 Å². The molecular weight excluding hydrogens is 486 g/mol. The van der Waals surface area contributed by atoms with Gasteiger partial charge in [0.1, 0.15) is 0 Å². The Balaban J connectivity index is 0. The van der Waals surface area contributed by atoms with E-state index in [4.69, 9.17) is 29.4 Å². The zero-order valence-corrected chi connectivity index (χ0v) is 19.5. The van der Waals surface area contributed by atoms with Crippen molar-refractivity contribution in [2.24, 2.45) is 0 Å². The summed E-state index contributed by atoms with van der Waals surface area (Å²) in [5.74, 6) is 0. The van der Waals surface area contributed by atoms with Gasteiger partial charge < -0.3 is 29.4 Å². The van der Waals surface area contributed by atoms with Crippen LogP contribution in [0.15, 0.2) is 24.3 Å². The van der Waals surface area contributed by atoms with Crippen molar-refractivity contribution in [1.82, 2.24) is 0 Å². The average molecular weight is 513 g/mol. The molecule has 1 aromatic carbocycles. The largest absolute Gasteiger partial charge is 0.325 e. The molecular formula is C14H27MoO6P2S2. The molecule has 147 valence electrons. The number of benzene rings is 1. The average Bonchev–Trinajstić information content (AvgIpc) is 2.41. The van der Waals surface area contributed by atoms with Gasteiger partial charge in [-0.15, -0.1) is 0 Å². The van der Waals surface area contributed by atoms with Crippen molar-refractivity contribution in [2.45, 2.75) is 51.9 Å². The predicted molar refractivity (Wildman–Crippen MR) is 105 cm³/mol. The summed E-state index contributed by atoms with van der Waals surface area (Å²) in [5, 5.41) is 0. The van der Waals surface area contributed by atoms with Gasteiger partial charge >= 0.3 is 119 Å². The van der Waals surface area contributed by atoms with Crippen molar-refractivity contribution >= 4 is 41.0 Å². The van der Waals surface area contributed by atoms with Gasteiger partial charge in [-0.3, -0.25) is 0 Å². The Kier molecular flexibility index (Phi) is 18.0. The minimum Gasteiger partial charge on any atom is -0.325 e. The first-order valence-corrected chi connectivity index (χ1v) is 14.0. The van der Waals surface area contributed by atoms with Crippen molar-refractivity contribution in [3.8, 4) is 0 Å². The van der Waals surface area contributed by atoms with Crippen LogP contribution in [0.1, 0.15) is 51.0 Å². The first kappa shape index (κ1) is 28.2. The van der Waals surface area contributed by atoms with Crippen molar-refractivity contribution in [3.63, 3.8) is 0 Å². The molecule has 6 N–H and O–H groups in total. The number of hydrogen-bond acceptors (Lipinski definition) is 2. The predicted octanol–water partition coefficient (Wildman–Crippen LogP) is 2.14. The molecule has 0 unspecified atom stereocenters. The second-order valence-electron chi connectivity index (χ2n) is 5.15. The summed E-state index contributed by atoms with van der Waals surface area (Å²) >= 11 is 9.35. The fourth-order valence-electron chi connectivity index (χ4n) is 1.81. The number of rotatable bonds is 7. The van der Waals surface area contributed by atoms with E-state index in [1.807, 2.05) is 0 Å². The summed E-state index contributed by atoms with van der Waals surface area (Å²) in [7, 11) is 0. The molecule has 0 saturated carbocycles. The Labute approximate surface area is 171 Å². The second kappa shape index (κ2) is 16.0. The van der Waals surface area contributed by atoms with E-state index in [9.17, 15) is 0 Å². The quantitative estimate of drug-likeness (QED) is 0.186. The van der Waals surface area contributed by atoms with Crippen LogP contribution in [0.4, 0.5) is 0 Å². The fourth-order valence-corrected chi connectivity index (χ4v) is 2.42. The van der Waals surface area contributed by atoms with Crippen LogP contribution in [0.3, 0.4) is 0 Å². The maximum atomic E-state index is 7.56. The zero-order valence-electron chi connectivity index (χ0n) is 14.1. The van der Waals surface area contributed by atoms with Crippen LogP contribution in [-0.2, 0) is 49.8 Å². The van der Waals surface area contributed by atoms with E-state index in [1.54, 1.807) is 0 Å². The van der Waals surface area contributed by atoms with E-state index >= 15 is 0 Å². The van der Waals surface area contributed by atoms with E-state index in [0.29, 0.717) is 0 Å². The topological polar surface area (TPSA) is 121 Å². The molecule has 0 radical (unpaired) electrons. The van der Waals surface area contributed by atoms with Crippen molar-refractivity contribution in [2.75, 3.05) is 0 Å². The molecule has 6 nitrogen and oxygen atoms in total. The van der Waals surface area contributed by atoms with Gasteiger partial charge in [0.05, 0.1) is 0 Å². The van der Waals surface area contributed by atoms with Crippen molar-refractivity contribution in [1.29, 1.82) is 0 Å². The first-order valence-electron chi connectivity index (χ1n) is 7.66. The van der Waals surface area contributed by atoms with Gasteiger partial charge in [-0.05, 0) is 23.6 Å². The first-order chi connectivity index (χ1) is 11.3. The molecule has 0 fully saturated rings. The number of hydrogen-bond donors (Lipinski definition) is 6. The third-order valence-corrected chi connectivity index (χ3v) is 3.75. The summed E-state index contributed by atoms with van der Waals surface area (Å²) in [4.78, 5) is 45.3. The molecule has 1 aromatic rings. The standard InChI is InChI=1S/C14H21.Mo.2H3O3PS/c1-2-3-4-5-6-8-11-14-12-9-7-10-13-14;;2*1-4(2,3)5/h7,9-10,12H,2-6,8,11H2,1H3;;2*(H3,1,2,3,5). The van der Waals surface area contributed by atoms with Gasteiger partial charge in [0, 0.05) is 0 Å². The van der Waals surface area contributed by atoms with Crippen LogP contribution in [0.25, 0.3) is 0 Å². The fraction of sp³-hybridized carbons (Fsp3) is 0.571. The smallest absolute Gasteiger partial charge is 0.319 e. The SMILES string of the molecule is CCCCCCCCc1cccc[c]1[Mo].OP(O)(O)=S.OP(O)(O)=S. The third-order valence-electron chi connectivity index (χ3n) is 2.77. The molecule has 25 heavy (non-hydrogen) atoms. The molecule has 0 aliphatic heterocycles. The van der Waals surface area contributed by atoms with Crippen LogP contribution < -0.4 is 3.95 Å². The summed E-state index contributed by atoms with van der Waals surface area (Å²) in [6, 6.07) is 8.77. The van der Waals surface area contributed by atoms with Crippen LogP contribution in [0, 0.1) is 0 Å². The molecule has 0 aliphatic carbocycles. The summed E-state index contributed by atoms with van der Waals surface area (Å²) in [6.45, 7) is -5.34. The second-order valence-corrected chi connectivity index (χ2v) is 11.2. The van der Waals surface area contributed by atoms with Gasteiger partial charge in [-0.2, -0.15) is 0 Å². The minimum absolute atomic E-state index is 1.27. The van der Waals surface area contributed by atoms with Crippen LogP contribution in [0.2, 0.25) is 0 Å². The van der Waals surface area contributed by atoms with E-state index in [-0.39, 0.29) is 0 Å². The van der Waals surface area contributed by atoms with Gasteiger partial charge in [0.15, 0.2) is 0 Å². The Morgan fingerprint density at radius 3 is 1.64 bits per heavy atom. The van der Waals surface area contributed by atoms with E-state index in [0.717, 1.165) is 0 Å². The Hall–Kier alpha value is 0.968. The van der Waals surface area contributed by atoms with E-state index < -0.39 is 13.4 Å². The summed E-state index contributed by atoms with van der Waals surface area (Å²) < 4.78 is 1.46. The molecule has 1 rings (SSSR count). The monoisotopic (exact) mass is 515 g/mol. The van der Waals surface area contributed by atoms with Gasteiger partial charge in [0.2, 0.25) is 0 Å². The number of aryl methyl sites for hydroxylation is 1. The van der Waals surface area contributed by atoms with E-state index in [1.165, 1.54) is 54.5 Å². The van der Waals surface area contributed by atoms with Gasteiger partial charge in [-0.1, -0.05) is 0 Å². The van der Waals surface area contributed by atoms with Crippen molar-refractivity contribution in [3.05, 3.63) is 29.8 Å². The molecule has 0 atom stereocenters. The Morgan fingerprint density at radius 2 is 1.20 bits per heavy atom. The molecule has 0 saturated heterocycles. The molecule has 0 heterocycles. The summed E-state index contributed by atoms with van der Waals surface area (Å²) in [6.07, 6.45) is 9.61. The number of unbranched alkanes of at least 4 members (excludes halogenated alkanes) is 5. The molecule has 11 heteroatoms. The zero-order chi connectivity index (χ0) is 19.9. The summed E-state index contributed by atoms with van der Waals surface area (Å²) in [5.41, 5.74) is 1.54. The van der Waals surface area contributed by atoms with Crippen LogP contribution in [-0.4, -0.2) is 29.4 Å². The third kappa shape index (κ3) is 33.0. The van der Waals surface area contributed by atoms with E-state index in [2.05, 4.69) is 74.6 Å². The van der Waals surface area contributed by atoms with Gasteiger partial charge in [0.25, 0.3) is 0 Å². The van der Waals surface area contributed by atoms with Crippen LogP contribution in [0.5, 0.6) is 0 Å². The Morgan fingerprint density at radius 1 is 0.800 bits per heavy atom. The maximum absolute atomic E-state index is 7.56.